The molecule has 0 spiro atoms. The second-order valence-corrected chi connectivity index (χ2v) is 4.12. The average Bonchev–Trinajstić information content (AvgIpc) is 2.40. The van der Waals surface area contributed by atoms with Crippen molar-refractivity contribution >= 4 is 6.09 Å². The van der Waals surface area contributed by atoms with Crippen LogP contribution in [0.15, 0.2) is 54.6 Å². The van der Waals surface area contributed by atoms with Gasteiger partial charge in [0.2, 0.25) is 0 Å². The zero-order valence-corrected chi connectivity index (χ0v) is 10.5. The highest BCUT2D eigenvalue weighted by Crippen LogP contribution is 2.29. The highest BCUT2D eigenvalue weighted by molar-refractivity contribution is 5.76. The molecule has 0 aromatic heterocycles. The lowest BCUT2D eigenvalue weighted by Gasteiger charge is -2.13. The summed E-state index contributed by atoms with van der Waals surface area (Å²) >= 11 is 0. The summed E-state index contributed by atoms with van der Waals surface area (Å²) in [7, 11) is 3.32. The molecule has 0 N–H and O–H groups in total. The van der Waals surface area contributed by atoms with Gasteiger partial charge in [-0.1, -0.05) is 48.5 Å². The smallest absolute Gasteiger partial charge is 0.410 e. The molecule has 3 heteroatoms. The first-order valence-corrected chi connectivity index (χ1v) is 5.72. The van der Waals surface area contributed by atoms with Gasteiger partial charge in [-0.3, -0.25) is 0 Å². The van der Waals surface area contributed by atoms with E-state index in [2.05, 4.69) is 0 Å². The third-order valence-corrected chi connectivity index (χ3v) is 2.53. The van der Waals surface area contributed by atoms with Crippen molar-refractivity contribution in [1.82, 2.24) is 4.90 Å². The number of ether oxygens (including phenoxy) is 1. The van der Waals surface area contributed by atoms with Crippen molar-refractivity contribution in [1.29, 1.82) is 0 Å². The SMILES string of the molecule is CN(C)C(=O)Oc1ccccc1-c1ccccc1. The maximum atomic E-state index is 11.6. The average molecular weight is 241 g/mol. The standard InChI is InChI=1S/C15H15NO2/c1-16(2)15(17)18-14-11-7-6-10-13(14)12-8-4-3-5-9-12/h3-11H,1-2H3. The number of para-hydroxylation sites is 1. The van der Waals surface area contributed by atoms with Gasteiger partial charge in [-0.25, -0.2) is 4.79 Å². The Bertz CT molecular complexity index is 535. The summed E-state index contributed by atoms with van der Waals surface area (Å²) in [6.45, 7) is 0. The first-order valence-electron chi connectivity index (χ1n) is 5.72. The van der Waals surface area contributed by atoms with Gasteiger partial charge in [0.05, 0.1) is 0 Å². The number of nitrogens with zero attached hydrogens (tertiary/aromatic N) is 1. The molecule has 2 aromatic rings. The van der Waals surface area contributed by atoms with Crippen LogP contribution in [0, 0.1) is 0 Å². The Hall–Kier alpha value is -2.29. The van der Waals surface area contributed by atoms with E-state index in [0.29, 0.717) is 5.75 Å². The van der Waals surface area contributed by atoms with Crippen LogP contribution in [-0.4, -0.2) is 25.1 Å². The maximum Gasteiger partial charge on any atom is 0.414 e. The first kappa shape index (κ1) is 12.2. The molecular formula is C15H15NO2. The highest BCUT2D eigenvalue weighted by Gasteiger charge is 2.11. The lowest BCUT2D eigenvalue weighted by Crippen LogP contribution is -2.25. The molecule has 0 saturated carbocycles. The predicted octanol–water partition coefficient (Wildman–Crippen LogP) is 3.41. The molecule has 0 atom stereocenters. The third kappa shape index (κ3) is 2.69. The van der Waals surface area contributed by atoms with Crippen LogP contribution in [0.25, 0.3) is 11.1 Å². The Morgan fingerprint density at radius 2 is 1.56 bits per heavy atom. The van der Waals surface area contributed by atoms with E-state index in [9.17, 15) is 4.79 Å². The highest BCUT2D eigenvalue weighted by atomic mass is 16.6. The zero-order valence-electron chi connectivity index (χ0n) is 10.5. The van der Waals surface area contributed by atoms with Crippen LogP contribution in [0.1, 0.15) is 0 Å². The molecule has 0 aliphatic rings. The number of benzene rings is 2. The molecule has 0 aliphatic heterocycles. The fourth-order valence-electron chi connectivity index (χ4n) is 1.60. The molecule has 0 aliphatic carbocycles. The number of rotatable bonds is 2. The molecule has 2 aromatic carbocycles. The van der Waals surface area contributed by atoms with Gasteiger partial charge in [-0.05, 0) is 11.6 Å². The van der Waals surface area contributed by atoms with Gasteiger partial charge in [-0.15, -0.1) is 0 Å². The van der Waals surface area contributed by atoms with Crippen LogP contribution in [0.5, 0.6) is 5.75 Å². The van der Waals surface area contributed by atoms with Crippen LogP contribution in [0.3, 0.4) is 0 Å². The van der Waals surface area contributed by atoms with Gasteiger partial charge in [0, 0.05) is 19.7 Å². The van der Waals surface area contributed by atoms with Crippen molar-refractivity contribution in [3.05, 3.63) is 54.6 Å². The predicted molar refractivity (Wildman–Crippen MR) is 71.6 cm³/mol. The van der Waals surface area contributed by atoms with Gasteiger partial charge < -0.3 is 9.64 Å². The van der Waals surface area contributed by atoms with Crippen LogP contribution < -0.4 is 4.74 Å². The molecule has 92 valence electrons. The van der Waals surface area contributed by atoms with Gasteiger partial charge in [-0.2, -0.15) is 0 Å². The molecule has 0 bridgehead atoms. The van der Waals surface area contributed by atoms with E-state index in [0.717, 1.165) is 11.1 Å². The number of hydrogen-bond acceptors (Lipinski definition) is 2. The largest absolute Gasteiger partial charge is 0.414 e. The van der Waals surface area contributed by atoms with Crippen LogP contribution in [-0.2, 0) is 0 Å². The second kappa shape index (κ2) is 5.36. The first-order chi connectivity index (χ1) is 8.68. The lowest BCUT2D eigenvalue weighted by atomic mass is 10.1. The van der Waals surface area contributed by atoms with E-state index in [-0.39, 0.29) is 6.09 Å². The van der Waals surface area contributed by atoms with Crippen molar-refractivity contribution in [3.8, 4) is 16.9 Å². The minimum atomic E-state index is -0.376. The van der Waals surface area contributed by atoms with Crippen LogP contribution >= 0.6 is 0 Å². The normalized spacial score (nSPS) is 9.89. The van der Waals surface area contributed by atoms with E-state index in [1.165, 1.54) is 4.90 Å². The summed E-state index contributed by atoms with van der Waals surface area (Å²) in [6.07, 6.45) is -0.376. The lowest BCUT2D eigenvalue weighted by molar-refractivity contribution is 0.172. The van der Waals surface area contributed by atoms with Crippen molar-refractivity contribution in [3.63, 3.8) is 0 Å². The Balaban J connectivity index is 2.35. The zero-order chi connectivity index (χ0) is 13.0. The van der Waals surface area contributed by atoms with E-state index >= 15 is 0 Å². The Labute approximate surface area is 107 Å². The van der Waals surface area contributed by atoms with Gasteiger partial charge in [0.15, 0.2) is 0 Å². The number of hydrogen-bond donors (Lipinski definition) is 0. The van der Waals surface area contributed by atoms with Crippen molar-refractivity contribution in [2.24, 2.45) is 0 Å². The van der Waals surface area contributed by atoms with E-state index in [1.54, 1.807) is 20.2 Å². The monoisotopic (exact) mass is 241 g/mol. The van der Waals surface area contributed by atoms with Crippen molar-refractivity contribution in [2.75, 3.05) is 14.1 Å². The van der Waals surface area contributed by atoms with Crippen LogP contribution in [0.2, 0.25) is 0 Å². The summed E-state index contributed by atoms with van der Waals surface area (Å²) in [6, 6.07) is 17.4. The third-order valence-electron chi connectivity index (χ3n) is 2.53. The summed E-state index contributed by atoms with van der Waals surface area (Å²) in [5.74, 6) is 0.572. The summed E-state index contributed by atoms with van der Waals surface area (Å²) in [5, 5.41) is 0. The van der Waals surface area contributed by atoms with E-state index in [1.807, 2.05) is 48.5 Å². The van der Waals surface area contributed by atoms with E-state index < -0.39 is 0 Å². The maximum absolute atomic E-state index is 11.6. The fraction of sp³-hybridized carbons (Fsp3) is 0.133. The second-order valence-electron chi connectivity index (χ2n) is 4.12. The Kier molecular flexibility index (Phi) is 3.63. The molecule has 3 nitrogen and oxygen atoms in total. The number of carbonyl (C=O) groups is 1. The molecule has 0 fully saturated rings. The van der Waals surface area contributed by atoms with Crippen molar-refractivity contribution < 1.29 is 9.53 Å². The van der Waals surface area contributed by atoms with Gasteiger partial charge in [0.1, 0.15) is 5.75 Å². The molecule has 0 heterocycles. The molecule has 1 amide bonds. The number of carbonyl (C=O) groups excluding carboxylic acids is 1. The summed E-state index contributed by atoms with van der Waals surface area (Å²) in [4.78, 5) is 13.0. The quantitative estimate of drug-likeness (QED) is 0.806. The van der Waals surface area contributed by atoms with Crippen molar-refractivity contribution in [2.45, 2.75) is 0 Å². The number of amides is 1. The van der Waals surface area contributed by atoms with Gasteiger partial charge >= 0.3 is 6.09 Å². The minimum Gasteiger partial charge on any atom is -0.410 e. The molecule has 0 unspecified atom stereocenters. The van der Waals surface area contributed by atoms with Gasteiger partial charge in [0.25, 0.3) is 0 Å². The topological polar surface area (TPSA) is 29.5 Å². The molecule has 0 radical (unpaired) electrons. The molecule has 18 heavy (non-hydrogen) atoms. The molecular weight excluding hydrogens is 226 g/mol. The molecule has 0 saturated heterocycles. The fourth-order valence-corrected chi connectivity index (χ4v) is 1.60. The van der Waals surface area contributed by atoms with E-state index in [4.69, 9.17) is 4.74 Å². The molecule has 2 rings (SSSR count). The van der Waals surface area contributed by atoms with Crippen LogP contribution in [0.4, 0.5) is 4.79 Å². The summed E-state index contributed by atoms with van der Waals surface area (Å²) in [5.41, 5.74) is 1.94. The minimum absolute atomic E-state index is 0.376. The Morgan fingerprint density at radius 1 is 0.944 bits per heavy atom. The summed E-state index contributed by atoms with van der Waals surface area (Å²) < 4.78 is 5.35. The Morgan fingerprint density at radius 3 is 2.22 bits per heavy atom.